The van der Waals surface area contributed by atoms with Gasteiger partial charge in [-0.25, -0.2) is 0 Å². The topological polar surface area (TPSA) is 54.4 Å². The predicted octanol–water partition coefficient (Wildman–Crippen LogP) is -0.504. The minimum absolute atomic E-state index is 0.0582. The van der Waals surface area contributed by atoms with Crippen LogP contribution in [0, 0.1) is 0 Å². The van der Waals surface area contributed by atoms with Crippen LogP contribution in [0.1, 0.15) is 6.92 Å². The molecule has 1 rings (SSSR count). The van der Waals surface area contributed by atoms with Gasteiger partial charge in [0.2, 0.25) is 0 Å². The highest BCUT2D eigenvalue weighted by atomic mass is 16.7. The highest BCUT2D eigenvalue weighted by Gasteiger charge is 2.11. The maximum atomic E-state index is 9.14. The molecule has 1 N–H and O–H groups in total. The summed E-state index contributed by atoms with van der Waals surface area (Å²) >= 11 is 0. The summed E-state index contributed by atoms with van der Waals surface area (Å²) in [5.41, 5.74) is 0. The largest absolute Gasteiger partial charge is 0.381 e. The van der Waals surface area contributed by atoms with Gasteiger partial charge in [-0.1, -0.05) is 0 Å². The van der Waals surface area contributed by atoms with Crippen molar-refractivity contribution in [3.63, 3.8) is 0 Å². The zero-order valence-electron chi connectivity index (χ0n) is 9.93. The summed E-state index contributed by atoms with van der Waals surface area (Å²) in [5.74, 6) is 0. The van der Waals surface area contributed by atoms with Crippen molar-refractivity contribution < 1.29 is 19.3 Å². The Balaban J connectivity index is 2.07. The van der Waals surface area contributed by atoms with Gasteiger partial charge in [0.25, 0.3) is 0 Å². The minimum Gasteiger partial charge on any atom is -0.381 e. The Labute approximate surface area is 96.7 Å². The van der Waals surface area contributed by atoms with Gasteiger partial charge in [0.1, 0.15) is 20.3 Å². The Kier molecular flexibility index (Phi) is 7.65. The van der Waals surface area contributed by atoms with E-state index in [4.69, 9.17) is 19.3 Å². The molecule has 0 spiro atoms. The molecule has 0 amide bonds. The molecule has 1 aliphatic rings. The monoisotopic (exact) mass is 234 g/mol. The number of hydrogen-bond donors (Lipinski definition) is 1. The second-order valence-corrected chi connectivity index (χ2v) is 3.64. The average molecular weight is 234 g/mol. The Morgan fingerprint density at radius 2 is 2.06 bits per heavy atom. The third kappa shape index (κ3) is 5.74. The molecular formula is C10H22N2O4. The quantitative estimate of drug-likeness (QED) is 0.451. The van der Waals surface area contributed by atoms with E-state index < -0.39 is 0 Å². The van der Waals surface area contributed by atoms with Crippen molar-refractivity contribution in [3.05, 3.63) is 0 Å². The van der Waals surface area contributed by atoms with E-state index in [1.807, 2.05) is 16.7 Å². The van der Waals surface area contributed by atoms with Crippen LogP contribution in [-0.4, -0.2) is 74.7 Å². The molecule has 0 aromatic heterocycles. The molecule has 6 heteroatoms. The molecule has 0 aromatic rings. The molecule has 1 saturated heterocycles. The van der Waals surface area contributed by atoms with Gasteiger partial charge in [-0.15, -0.1) is 0 Å². The lowest BCUT2D eigenvalue weighted by Crippen LogP contribution is -2.41. The van der Waals surface area contributed by atoms with Crippen LogP contribution in [0.25, 0.3) is 0 Å². The van der Waals surface area contributed by atoms with E-state index >= 15 is 0 Å². The molecular weight excluding hydrogens is 212 g/mol. The zero-order valence-corrected chi connectivity index (χ0v) is 9.93. The van der Waals surface area contributed by atoms with Crippen molar-refractivity contribution in [2.24, 2.45) is 0 Å². The normalized spacial score (nSPS) is 18.2. The Hall–Kier alpha value is -0.240. The van der Waals surface area contributed by atoms with Crippen LogP contribution in [0.15, 0.2) is 0 Å². The van der Waals surface area contributed by atoms with Gasteiger partial charge in [0.15, 0.2) is 0 Å². The highest BCUT2D eigenvalue weighted by Crippen LogP contribution is 1.98. The fraction of sp³-hybridized carbons (Fsp3) is 1.00. The fourth-order valence-corrected chi connectivity index (χ4v) is 1.43. The lowest BCUT2D eigenvalue weighted by atomic mass is 10.5. The van der Waals surface area contributed by atoms with E-state index in [1.54, 1.807) is 0 Å². The Morgan fingerprint density at radius 3 is 2.69 bits per heavy atom. The molecule has 1 heterocycles. The number of ether oxygens (including phenoxy) is 3. The van der Waals surface area contributed by atoms with Crippen LogP contribution in [0.3, 0.4) is 0 Å². The summed E-state index contributed by atoms with van der Waals surface area (Å²) in [6, 6.07) is 0. The van der Waals surface area contributed by atoms with Crippen LogP contribution in [-0.2, 0) is 14.2 Å². The van der Waals surface area contributed by atoms with Crippen molar-refractivity contribution >= 4 is 0 Å². The SMILES string of the molecule is CCOCCN(CO)CCN1COCOC1. The third-order valence-corrected chi connectivity index (χ3v) is 2.40. The molecule has 0 unspecified atom stereocenters. The van der Waals surface area contributed by atoms with Gasteiger partial charge < -0.3 is 19.3 Å². The van der Waals surface area contributed by atoms with Gasteiger partial charge in [0.05, 0.1) is 13.3 Å². The smallest absolute Gasteiger partial charge is 0.150 e. The molecule has 16 heavy (non-hydrogen) atoms. The van der Waals surface area contributed by atoms with E-state index in [0.29, 0.717) is 33.5 Å². The van der Waals surface area contributed by atoms with Crippen LogP contribution in [0.4, 0.5) is 0 Å². The predicted molar refractivity (Wildman–Crippen MR) is 58.6 cm³/mol. The van der Waals surface area contributed by atoms with Gasteiger partial charge in [0, 0.05) is 26.2 Å². The molecule has 0 aromatic carbocycles. The Bertz CT molecular complexity index is 165. The molecule has 0 atom stereocenters. The molecule has 0 radical (unpaired) electrons. The molecule has 0 saturated carbocycles. The van der Waals surface area contributed by atoms with E-state index in [2.05, 4.69) is 0 Å². The first kappa shape index (κ1) is 13.8. The van der Waals surface area contributed by atoms with E-state index in [1.165, 1.54) is 0 Å². The van der Waals surface area contributed by atoms with Crippen LogP contribution < -0.4 is 0 Å². The molecule has 1 fully saturated rings. The van der Waals surface area contributed by atoms with Crippen molar-refractivity contribution in [1.29, 1.82) is 0 Å². The summed E-state index contributed by atoms with van der Waals surface area (Å²) in [6.07, 6.45) is 0. The molecule has 6 nitrogen and oxygen atoms in total. The first-order chi connectivity index (χ1) is 7.86. The lowest BCUT2D eigenvalue weighted by Gasteiger charge is -2.28. The van der Waals surface area contributed by atoms with E-state index in [0.717, 1.165) is 19.6 Å². The standard InChI is InChI=1S/C10H22N2O4/c1-2-14-6-5-11(7-13)3-4-12-8-15-10-16-9-12/h13H,2-10H2,1H3. The molecule has 96 valence electrons. The van der Waals surface area contributed by atoms with Gasteiger partial charge in [-0.3, -0.25) is 9.80 Å². The number of hydrogen-bond acceptors (Lipinski definition) is 6. The molecule has 1 aliphatic heterocycles. The first-order valence-corrected chi connectivity index (χ1v) is 5.65. The summed E-state index contributed by atoms with van der Waals surface area (Å²) < 4.78 is 15.5. The van der Waals surface area contributed by atoms with Crippen molar-refractivity contribution in [1.82, 2.24) is 9.80 Å². The fourth-order valence-electron chi connectivity index (χ4n) is 1.43. The number of rotatable bonds is 8. The number of nitrogens with zero attached hydrogens (tertiary/aromatic N) is 2. The Morgan fingerprint density at radius 1 is 1.31 bits per heavy atom. The molecule has 0 aliphatic carbocycles. The summed E-state index contributed by atoms with van der Waals surface area (Å²) in [7, 11) is 0. The van der Waals surface area contributed by atoms with Crippen LogP contribution in [0.5, 0.6) is 0 Å². The number of aliphatic hydroxyl groups excluding tert-OH is 1. The minimum atomic E-state index is 0.0582. The van der Waals surface area contributed by atoms with Gasteiger partial charge in [-0.2, -0.15) is 0 Å². The first-order valence-electron chi connectivity index (χ1n) is 5.65. The molecule has 0 bridgehead atoms. The third-order valence-electron chi connectivity index (χ3n) is 2.40. The maximum Gasteiger partial charge on any atom is 0.150 e. The summed E-state index contributed by atoms with van der Waals surface area (Å²) in [4.78, 5) is 3.98. The number of aliphatic hydroxyl groups is 1. The van der Waals surface area contributed by atoms with Crippen LogP contribution >= 0.6 is 0 Å². The zero-order chi connectivity index (χ0) is 11.6. The van der Waals surface area contributed by atoms with E-state index in [9.17, 15) is 0 Å². The van der Waals surface area contributed by atoms with Gasteiger partial charge >= 0.3 is 0 Å². The summed E-state index contributed by atoms with van der Waals surface area (Å²) in [6.45, 7) is 7.34. The van der Waals surface area contributed by atoms with Crippen molar-refractivity contribution in [2.75, 3.05) is 59.8 Å². The lowest BCUT2D eigenvalue weighted by molar-refractivity contribution is -0.184. The highest BCUT2D eigenvalue weighted by molar-refractivity contribution is 4.57. The second kappa shape index (κ2) is 8.86. The van der Waals surface area contributed by atoms with Crippen molar-refractivity contribution in [2.45, 2.75) is 6.92 Å². The average Bonchev–Trinajstić information content (AvgIpc) is 2.35. The van der Waals surface area contributed by atoms with Crippen molar-refractivity contribution in [3.8, 4) is 0 Å². The van der Waals surface area contributed by atoms with Gasteiger partial charge in [-0.05, 0) is 6.92 Å². The second-order valence-electron chi connectivity index (χ2n) is 3.64. The van der Waals surface area contributed by atoms with E-state index in [-0.39, 0.29) is 6.73 Å². The van der Waals surface area contributed by atoms with Crippen LogP contribution in [0.2, 0.25) is 0 Å². The summed E-state index contributed by atoms with van der Waals surface area (Å²) in [5, 5.41) is 9.14. The maximum absolute atomic E-state index is 9.14.